The van der Waals surface area contributed by atoms with Crippen LogP contribution in [-0.2, 0) is 33.3 Å². The van der Waals surface area contributed by atoms with Gasteiger partial charge in [-0.1, -0.05) is 48.5 Å². The fourth-order valence-corrected chi connectivity index (χ4v) is 5.72. The highest BCUT2D eigenvalue weighted by Crippen LogP contribution is 2.42. The molecule has 296 valence electrons. The van der Waals surface area contributed by atoms with Crippen molar-refractivity contribution in [1.82, 2.24) is 9.80 Å². The molecule has 5 rings (SSSR count). The van der Waals surface area contributed by atoms with E-state index in [1.54, 1.807) is 42.7 Å². The van der Waals surface area contributed by atoms with Crippen LogP contribution in [0.1, 0.15) is 11.1 Å². The Hall–Kier alpha value is -4.58. The molecule has 0 unspecified atom stereocenters. The third-order valence-corrected chi connectivity index (χ3v) is 8.18. The van der Waals surface area contributed by atoms with Gasteiger partial charge in [-0.05, 0) is 57.6 Å². The van der Waals surface area contributed by atoms with Gasteiger partial charge in [-0.15, -0.1) is 0 Å². The van der Waals surface area contributed by atoms with Gasteiger partial charge in [0.05, 0.1) is 55.2 Å². The summed E-state index contributed by atoms with van der Waals surface area (Å²) < 4.78 is 84.8. The first-order chi connectivity index (χ1) is 25.5. The van der Waals surface area contributed by atoms with Crippen molar-refractivity contribution >= 4 is 20.2 Å². The van der Waals surface area contributed by atoms with E-state index in [-0.39, 0.29) is 0 Å². The van der Waals surface area contributed by atoms with E-state index in [2.05, 4.69) is 58.3 Å². The highest BCUT2D eigenvalue weighted by Gasteiger charge is 2.19. The monoisotopic (exact) mass is 790 g/mol. The van der Waals surface area contributed by atoms with Crippen molar-refractivity contribution in [2.45, 2.75) is 13.1 Å². The van der Waals surface area contributed by atoms with Crippen molar-refractivity contribution < 1.29 is 54.4 Å². The quantitative estimate of drug-likeness (QED) is 0.175. The lowest BCUT2D eigenvalue weighted by Gasteiger charge is -2.34. The van der Waals surface area contributed by atoms with E-state index >= 15 is 0 Å². The minimum absolute atomic E-state index is 0.599. The lowest BCUT2D eigenvalue weighted by atomic mass is 10.0. The largest absolute Gasteiger partial charge is 0.493 e. The van der Waals surface area contributed by atoms with Crippen LogP contribution in [0.5, 0.6) is 34.5 Å². The second-order valence-corrected chi connectivity index (χ2v) is 15.2. The number of rotatable bonds is 12. The maximum atomic E-state index is 9.19. The SMILES string of the molecule is COc1cc(-c2ccc(CN3CCN(Cc4ccc(-c5cc(OC)c(OC)c(OC)c5)cc4)CC3)cc2)cc(OC)c1OC.CS(=O)(=O)O.CS(=O)(=O)O. The predicted octanol–water partition coefficient (Wildman–Crippen LogP) is 5.40. The molecule has 1 saturated heterocycles. The number of piperazine rings is 1. The fourth-order valence-electron chi connectivity index (χ4n) is 5.72. The van der Waals surface area contributed by atoms with Crippen LogP contribution in [-0.4, -0.2) is 117 Å². The second-order valence-electron chi connectivity index (χ2n) is 12.2. The maximum absolute atomic E-state index is 9.19. The van der Waals surface area contributed by atoms with E-state index in [9.17, 15) is 16.8 Å². The normalized spacial score (nSPS) is 13.4. The first-order valence-electron chi connectivity index (χ1n) is 16.6. The molecule has 4 aromatic rings. The lowest BCUT2D eigenvalue weighted by molar-refractivity contribution is 0.122. The van der Waals surface area contributed by atoms with Gasteiger partial charge in [-0.3, -0.25) is 18.9 Å². The van der Waals surface area contributed by atoms with Crippen LogP contribution < -0.4 is 28.4 Å². The molecule has 0 bridgehead atoms. The number of ether oxygens (including phenoxy) is 6. The van der Waals surface area contributed by atoms with Crippen LogP contribution in [0.15, 0.2) is 72.8 Å². The van der Waals surface area contributed by atoms with Crippen LogP contribution in [0.2, 0.25) is 0 Å². The molecule has 0 spiro atoms. The van der Waals surface area contributed by atoms with Crippen molar-refractivity contribution in [3.63, 3.8) is 0 Å². The van der Waals surface area contributed by atoms with E-state index in [0.29, 0.717) is 47.0 Å². The number of nitrogens with zero attached hydrogens (tertiary/aromatic N) is 2. The molecule has 1 aliphatic rings. The fraction of sp³-hybridized carbons (Fsp3) is 0.368. The molecular weight excluding hydrogens is 741 g/mol. The number of hydrogen-bond donors (Lipinski definition) is 2. The molecule has 14 nitrogen and oxygen atoms in total. The molecule has 4 aromatic carbocycles. The standard InChI is InChI=1S/C36H42N2O6.2CH4O3S/c1-39-31-19-29(20-32(40-2)35(31)43-5)27-11-7-25(8-12-27)23-37-15-17-38(18-16-37)24-26-9-13-28(14-10-26)30-21-33(41-3)36(44-6)34(22-30)42-4;2*1-5(2,3)4/h7-14,19-22H,15-18,23-24H2,1-6H3;2*1H3,(H,2,3,4). The molecule has 0 aliphatic carbocycles. The molecule has 54 heavy (non-hydrogen) atoms. The third-order valence-electron chi connectivity index (χ3n) is 8.18. The average Bonchev–Trinajstić information content (AvgIpc) is 3.13. The van der Waals surface area contributed by atoms with Crippen LogP contribution in [0, 0.1) is 0 Å². The zero-order valence-electron chi connectivity index (χ0n) is 31.9. The van der Waals surface area contributed by atoms with Crippen molar-refractivity contribution in [3.8, 4) is 56.8 Å². The Morgan fingerprint density at radius 2 is 0.704 bits per heavy atom. The molecule has 16 heteroatoms. The summed E-state index contributed by atoms with van der Waals surface area (Å²) in [5.74, 6) is 3.80. The van der Waals surface area contributed by atoms with Crippen molar-refractivity contribution in [2.24, 2.45) is 0 Å². The zero-order valence-corrected chi connectivity index (χ0v) is 33.5. The van der Waals surface area contributed by atoms with Crippen molar-refractivity contribution in [1.29, 1.82) is 0 Å². The van der Waals surface area contributed by atoms with E-state index in [4.69, 9.17) is 37.5 Å². The number of benzene rings is 4. The third kappa shape index (κ3) is 14.0. The van der Waals surface area contributed by atoms with E-state index in [0.717, 1.165) is 61.5 Å². The summed E-state index contributed by atoms with van der Waals surface area (Å²) in [5, 5.41) is 0. The van der Waals surface area contributed by atoms with E-state index in [1.165, 1.54) is 11.1 Å². The Labute approximate surface area is 318 Å². The lowest BCUT2D eigenvalue weighted by Crippen LogP contribution is -2.45. The second kappa shape index (κ2) is 20.2. The summed E-state index contributed by atoms with van der Waals surface area (Å²) in [4.78, 5) is 5.05. The van der Waals surface area contributed by atoms with Crippen LogP contribution in [0.4, 0.5) is 0 Å². The maximum Gasteiger partial charge on any atom is 0.261 e. The zero-order chi connectivity index (χ0) is 40.1. The molecule has 1 heterocycles. The van der Waals surface area contributed by atoms with Crippen LogP contribution in [0.3, 0.4) is 0 Å². The van der Waals surface area contributed by atoms with Gasteiger partial charge in [-0.2, -0.15) is 16.8 Å². The summed E-state index contributed by atoms with van der Waals surface area (Å²) in [6.07, 6.45) is 1.43. The van der Waals surface area contributed by atoms with Gasteiger partial charge in [0.1, 0.15) is 0 Å². The Morgan fingerprint density at radius 3 is 0.907 bits per heavy atom. The molecule has 1 fully saturated rings. The first-order valence-corrected chi connectivity index (χ1v) is 20.3. The first kappa shape index (κ1) is 43.8. The highest BCUT2D eigenvalue weighted by atomic mass is 32.2. The summed E-state index contributed by atoms with van der Waals surface area (Å²) in [7, 11) is 2.45. The van der Waals surface area contributed by atoms with Crippen molar-refractivity contribution in [2.75, 3.05) is 81.3 Å². The summed E-state index contributed by atoms with van der Waals surface area (Å²) in [5.41, 5.74) is 6.87. The molecule has 0 atom stereocenters. The van der Waals surface area contributed by atoms with Gasteiger partial charge in [0, 0.05) is 39.3 Å². The summed E-state index contributed by atoms with van der Waals surface area (Å²) in [6, 6.07) is 25.4. The molecule has 2 N–H and O–H groups in total. The molecule has 0 saturated carbocycles. The minimum atomic E-state index is -3.67. The Bertz CT molecular complexity index is 1800. The van der Waals surface area contributed by atoms with Crippen molar-refractivity contribution in [3.05, 3.63) is 83.9 Å². The average molecular weight is 791 g/mol. The number of hydrogen-bond acceptors (Lipinski definition) is 12. The number of methoxy groups -OCH3 is 6. The molecule has 0 aromatic heterocycles. The predicted molar refractivity (Wildman–Crippen MR) is 209 cm³/mol. The van der Waals surface area contributed by atoms with Gasteiger partial charge in [0.25, 0.3) is 20.2 Å². The molecule has 0 amide bonds. The van der Waals surface area contributed by atoms with Gasteiger partial charge in [0.2, 0.25) is 11.5 Å². The van der Waals surface area contributed by atoms with Crippen LogP contribution >= 0.6 is 0 Å². The van der Waals surface area contributed by atoms with Gasteiger partial charge in [0.15, 0.2) is 23.0 Å². The highest BCUT2D eigenvalue weighted by molar-refractivity contribution is 7.85. The van der Waals surface area contributed by atoms with Gasteiger partial charge < -0.3 is 28.4 Å². The topological polar surface area (TPSA) is 171 Å². The molecular formula is C38H50N2O12S2. The molecule has 1 aliphatic heterocycles. The smallest absolute Gasteiger partial charge is 0.261 e. The Kier molecular flexibility index (Phi) is 16.4. The van der Waals surface area contributed by atoms with E-state index < -0.39 is 20.2 Å². The van der Waals surface area contributed by atoms with Gasteiger partial charge in [-0.25, -0.2) is 0 Å². The Morgan fingerprint density at radius 1 is 0.463 bits per heavy atom. The Balaban J connectivity index is 0.000000695. The minimum Gasteiger partial charge on any atom is -0.493 e. The van der Waals surface area contributed by atoms with Gasteiger partial charge >= 0.3 is 0 Å². The van der Waals surface area contributed by atoms with Crippen LogP contribution in [0.25, 0.3) is 22.3 Å². The summed E-state index contributed by atoms with van der Waals surface area (Å²) in [6.45, 7) is 6.03. The van der Waals surface area contributed by atoms with E-state index in [1.807, 2.05) is 24.3 Å². The summed E-state index contributed by atoms with van der Waals surface area (Å²) >= 11 is 0. The molecule has 0 radical (unpaired) electrons.